The zero-order chi connectivity index (χ0) is 37.0. The minimum atomic E-state index is 0.0765. The van der Waals surface area contributed by atoms with E-state index >= 15 is 0 Å². The van der Waals surface area contributed by atoms with Gasteiger partial charge in [-0.25, -0.2) is 0 Å². The molecule has 264 valence electrons. The van der Waals surface area contributed by atoms with Crippen molar-refractivity contribution in [3.05, 3.63) is 148 Å². The molecule has 0 atom stereocenters. The van der Waals surface area contributed by atoms with Crippen molar-refractivity contribution in [2.75, 3.05) is 0 Å². The van der Waals surface area contributed by atoms with Crippen molar-refractivity contribution >= 4 is 61.4 Å². The van der Waals surface area contributed by atoms with E-state index in [0.29, 0.717) is 0 Å². The quantitative estimate of drug-likeness (QED) is 0.158. The topological polar surface area (TPSA) is 9.86 Å². The summed E-state index contributed by atoms with van der Waals surface area (Å²) >= 11 is 0. The molecule has 12 rings (SSSR count). The first-order valence-corrected chi connectivity index (χ1v) is 20.3. The van der Waals surface area contributed by atoms with Gasteiger partial charge in [0, 0.05) is 43.8 Å². The van der Waals surface area contributed by atoms with Crippen LogP contribution in [0.2, 0.25) is 0 Å². The summed E-state index contributed by atoms with van der Waals surface area (Å²) in [7, 11) is 0. The molecule has 3 aliphatic rings. The highest BCUT2D eigenvalue weighted by Gasteiger charge is 2.43. The standard InChI is InChI=1S/C52H43BN2/c1-28-20-30(3)47(31(4)21-28)35-18-19-45-40(24-35)41-25-36(48-32(5)22-29(2)23-33(48)6)26-42-49-37-13-8-7-12-34(37)27-46-50(49)53(55(45)51(41)42)43-16-11-15-39-38-14-9-10-17-44(38)54(46)52(39)43/h9-11,14-27H,7-8,12-13H2,1-6H3. The van der Waals surface area contributed by atoms with Crippen LogP contribution in [0.15, 0.2) is 103 Å². The van der Waals surface area contributed by atoms with Gasteiger partial charge in [0.05, 0.1) is 11.0 Å². The number of para-hydroxylation sites is 2. The molecular formula is C52H43BN2. The van der Waals surface area contributed by atoms with E-state index in [1.54, 1.807) is 11.1 Å². The SMILES string of the molecule is Cc1cc(C)c(-c2ccc3c(c2)c2cc(-c4c(C)cc(C)cc4C)cc4c2n3B2c3c(cc5c(c3-4)CCCC5)-n3c4ccccc4c4cccc2c43)c(C)c1. The van der Waals surface area contributed by atoms with Crippen molar-refractivity contribution in [1.29, 1.82) is 0 Å². The van der Waals surface area contributed by atoms with E-state index in [-0.39, 0.29) is 6.85 Å². The van der Waals surface area contributed by atoms with Crippen LogP contribution in [0.1, 0.15) is 57.3 Å². The zero-order valence-corrected chi connectivity index (χ0v) is 32.6. The predicted octanol–water partition coefficient (Wildman–Crippen LogP) is 11.9. The second-order valence-corrected chi connectivity index (χ2v) is 17.1. The Morgan fingerprint density at radius 2 is 1.18 bits per heavy atom. The first-order valence-electron chi connectivity index (χ1n) is 20.3. The molecule has 3 heteroatoms. The van der Waals surface area contributed by atoms with E-state index in [4.69, 9.17) is 0 Å². The zero-order valence-electron chi connectivity index (χ0n) is 32.6. The fraction of sp³-hybridized carbons (Fsp3) is 0.192. The number of fused-ring (bicyclic) bond motifs is 12. The molecule has 2 aromatic heterocycles. The number of aromatic nitrogens is 2. The minimum Gasteiger partial charge on any atom is -0.375 e. The average Bonchev–Trinajstić information content (AvgIpc) is 3.67. The van der Waals surface area contributed by atoms with Crippen molar-refractivity contribution < 1.29 is 0 Å². The van der Waals surface area contributed by atoms with Crippen LogP contribution >= 0.6 is 0 Å². The summed E-state index contributed by atoms with van der Waals surface area (Å²) < 4.78 is 5.39. The van der Waals surface area contributed by atoms with Crippen LogP contribution in [0.5, 0.6) is 0 Å². The number of aryl methyl sites for hydroxylation is 7. The Bertz CT molecular complexity index is 3180. The summed E-state index contributed by atoms with van der Waals surface area (Å²) in [5.74, 6) is 0. The number of benzene rings is 7. The summed E-state index contributed by atoms with van der Waals surface area (Å²) in [6.07, 6.45) is 4.78. The minimum absolute atomic E-state index is 0.0765. The molecule has 0 amide bonds. The van der Waals surface area contributed by atoms with Crippen LogP contribution in [-0.4, -0.2) is 15.9 Å². The van der Waals surface area contributed by atoms with Gasteiger partial charge >= 0.3 is 6.85 Å². The van der Waals surface area contributed by atoms with Crippen molar-refractivity contribution in [2.45, 2.75) is 67.2 Å². The monoisotopic (exact) mass is 706 g/mol. The molecule has 9 aromatic rings. The molecule has 4 heterocycles. The van der Waals surface area contributed by atoms with Crippen LogP contribution in [-0.2, 0) is 12.8 Å². The Labute approximate surface area is 323 Å². The smallest absolute Gasteiger partial charge is 0.333 e. The molecule has 0 N–H and O–H groups in total. The highest BCUT2D eigenvalue weighted by Crippen LogP contribution is 2.48. The molecule has 2 aliphatic heterocycles. The Morgan fingerprint density at radius 1 is 0.509 bits per heavy atom. The first kappa shape index (κ1) is 31.5. The molecule has 0 spiro atoms. The number of hydrogen-bond acceptors (Lipinski definition) is 0. The van der Waals surface area contributed by atoms with Crippen molar-refractivity contribution in [3.8, 4) is 39.1 Å². The molecule has 7 aromatic carbocycles. The third-order valence-corrected chi connectivity index (χ3v) is 13.6. The highest BCUT2D eigenvalue weighted by molar-refractivity contribution is 6.90. The van der Waals surface area contributed by atoms with Gasteiger partial charge in [-0.2, -0.15) is 0 Å². The summed E-state index contributed by atoms with van der Waals surface area (Å²) in [6, 6.07) is 40.7. The molecular weight excluding hydrogens is 663 g/mol. The molecule has 2 nitrogen and oxygen atoms in total. The van der Waals surface area contributed by atoms with Gasteiger partial charge in [-0.05, 0) is 176 Å². The second-order valence-electron chi connectivity index (χ2n) is 17.1. The van der Waals surface area contributed by atoms with Gasteiger partial charge in [0.15, 0.2) is 0 Å². The van der Waals surface area contributed by atoms with Gasteiger partial charge in [0.2, 0.25) is 0 Å². The largest absolute Gasteiger partial charge is 0.375 e. The second kappa shape index (κ2) is 10.9. The van der Waals surface area contributed by atoms with Crippen molar-refractivity contribution in [2.24, 2.45) is 0 Å². The van der Waals surface area contributed by atoms with Crippen molar-refractivity contribution in [1.82, 2.24) is 9.05 Å². The van der Waals surface area contributed by atoms with Crippen LogP contribution in [0.4, 0.5) is 0 Å². The van der Waals surface area contributed by atoms with Crippen LogP contribution < -0.4 is 10.9 Å². The van der Waals surface area contributed by atoms with Crippen LogP contribution in [0, 0.1) is 41.5 Å². The van der Waals surface area contributed by atoms with Gasteiger partial charge in [0.25, 0.3) is 0 Å². The van der Waals surface area contributed by atoms with Crippen LogP contribution in [0.25, 0.3) is 82.7 Å². The summed E-state index contributed by atoms with van der Waals surface area (Å²) in [5.41, 5.74) is 29.1. The van der Waals surface area contributed by atoms with E-state index in [9.17, 15) is 0 Å². The third-order valence-electron chi connectivity index (χ3n) is 13.6. The molecule has 0 saturated carbocycles. The maximum Gasteiger partial charge on any atom is 0.333 e. The van der Waals surface area contributed by atoms with E-state index in [1.165, 1.54) is 140 Å². The molecule has 0 radical (unpaired) electrons. The first-order chi connectivity index (χ1) is 26.8. The molecule has 0 bridgehead atoms. The van der Waals surface area contributed by atoms with Crippen LogP contribution in [0.3, 0.4) is 0 Å². The number of hydrogen-bond donors (Lipinski definition) is 0. The van der Waals surface area contributed by atoms with Gasteiger partial charge in [0.1, 0.15) is 0 Å². The van der Waals surface area contributed by atoms with Crippen molar-refractivity contribution in [3.63, 3.8) is 0 Å². The molecule has 0 unspecified atom stereocenters. The van der Waals surface area contributed by atoms with Gasteiger partial charge < -0.3 is 9.05 Å². The molecule has 1 aliphatic carbocycles. The van der Waals surface area contributed by atoms with E-state index < -0.39 is 0 Å². The normalized spacial score (nSPS) is 14.0. The van der Waals surface area contributed by atoms with Gasteiger partial charge in [-0.3, -0.25) is 0 Å². The lowest BCUT2D eigenvalue weighted by molar-refractivity contribution is 0.687. The molecule has 0 fully saturated rings. The summed E-state index contributed by atoms with van der Waals surface area (Å²) in [4.78, 5) is 0. The number of nitrogens with zero attached hydrogens (tertiary/aromatic N) is 2. The van der Waals surface area contributed by atoms with E-state index in [1.807, 2.05) is 0 Å². The lowest BCUT2D eigenvalue weighted by atomic mass is 9.45. The lowest BCUT2D eigenvalue weighted by Gasteiger charge is -2.37. The fourth-order valence-electron chi connectivity index (χ4n) is 11.8. The van der Waals surface area contributed by atoms with E-state index in [0.717, 1.165) is 12.8 Å². The third kappa shape index (κ3) is 4.06. The maximum absolute atomic E-state index is 2.76. The lowest BCUT2D eigenvalue weighted by Crippen LogP contribution is -2.55. The van der Waals surface area contributed by atoms with Gasteiger partial charge in [-0.1, -0.05) is 77.9 Å². The summed E-state index contributed by atoms with van der Waals surface area (Å²) in [5, 5.41) is 5.40. The molecule has 0 saturated heterocycles. The Morgan fingerprint density at radius 3 is 1.95 bits per heavy atom. The Balaban J connectivity index is 1.29. The number of rotatable bonds is 2. The Hall–Kier alpha value is -5.80. The van der Waals surface area contributed by atoms with Gasteiger partial charge in [-0.15, -0.1) is 0 Å². The van der Waals surface area contributed by atoms with E-state index in [2.05, 4.69) is 154 Å². The fourth-order valence-corrected chi connectivity index (χ4v) is 11.8. The average molecular weight is 707 g/mol. The summed E-state index contributed by atoms with van der Waals surface area (Å²) in [6.45, 7) is 13.7. The Kier molecular flexibility index (Phi) is 6.26. The molecule has 55 heavy (non-hydrogen) atoms. The predicted molar refractivity (Wildman–Crippen MR) is 236 cm³/mol. The maximum atomic E-state index is 2.76. The highest BCUT2D eigenvalue weighted by atomic mass is 15.0.